The van der Waals surface area contributed by atoms with Crippen molar-refractivity contribution in [1.29, 1.82) is 0 Å². The van der Waals surface area contributed by atoms with Gasteiger partial charge in [0.25, 0.3) is 0 Å². The lowest BCUT2D eigenvalue weighted by atomic mass is 10.1. The molecule has 2 aliphatic heterocycles. The average Bonchev–Trinajstić information content (AvgIpc) is 2.93. The van der Waals surface area contributed by atoms with Crippen LogP contribution in [0.1, 0.15) is 25.5 Å². The minimum atomic E-state index is -3.59. The third-order valence-corrected chi connectivity index (χ3v) is 6.90. The summed E-state index contributed by atoms with van der Waals surface area (Å²) < 4.78 is 29.2. The monoisotopic (exact) mass is 313 g/mol. The summed E-state index contributed by atoms with van der Waals surface area (Å²) in [4.78, 5) is 2.57. The fourth-order valence-corrected chi connectivity index (χ4v) is 5.50. The van der Waals surface area contributed by atoms with Gasteiger partial charge in [0, 0.05) is 32.2 Å². The number of piperazine rings is 1. The Kier molecular flexibility index (Phi) is 3.50. The summed E-state index contributed by atoms with van der Waals surface area (Å²) in [5.41, 5.74) is 6.43. The highest BCUT2D eigenvalue weighted by molar-refractivity contribution is 7.89. The summed E-state index contributed by atoms with van der Waals surface area (Å²) in [5, 5.41) is 4.04. The van der Waals surface area contributed by atoms with Crippen LogP contribution in [0.5, 0.6) is 0 Å². The maximum atomic E-state index is 13.0. The molecule has 8 heteroatoms. The number of aryl methyl sites for hydroxylation is 1. The second-order valence-corrected chi connectivity index (χ2v) is 7.97. The van der Waals surface area contributed by atoms with Crippen LogP contribution in [0.25, 0.3) is 0 Å². The summed E-state index contributed by atoms with van der Waals surface area (Å²) >= 11 is 0. The fraction of sp³-hybridized carbons (Fsp3) is 0.769. The molecular formula is C13H23N5O2S. The number of nitrogens with two attached hydrogens (primary N) is 1. The quantitative estimate of drug-likeness (QED) is 0.841. The van der Waals surface area contributed by atoms with Crippen LogP contribution < -0.4 is 5.73 Å². The van der Waals surface area contributed by atoms with Crippen molar-refractivity contribution < 1.29 is 8.42 Å². The maximum absolute atomic E-state index is 13.0. The third-order valence-electron chi connectivity index (χ3n) is 4.75. The lowest BCUT2D eigenvalue weighted by Gasteiger charge is -2.41. The molecular weight excluding hydrogens is 290 g/mol. The van der Waals surface area contributed by atoms with E-state index in [-0.39, 0.29) is 16.8 Å². The number of hydrogen-bond acceptors (Lipinski definition) is 5. The van der Waals surface area contributed by atoms with Crippen molar-refractivity contribution >= 4 is 15.8 Å². The van der Waals surface area contributed by atoms with Gasteiger partial charge in [0.2, 0.25) is 10.0 Å². The Morgan fingerprint density at radius 3 is 2.67 bits per heavy atom. The molecule has 0 aromatic carbocycles. The number of nitrogens with zero attached hydrogens (tertiary/aromatic N) is 4. The van der Waals surface area contributed by atoms with Gasteiger partial charge in [-0.05, 0) is 33.2 Å². The van der Waals surface area contributed by atoms with Gasteiger partial charge in [-0.15, -0.1) is 0 Å². The predicted octanol–water partition coefficient (Wildman–Crippen LogP) is 0.168. The Balaban J connectivity index is 1.98. The molecule has 0 aliphatic carbocycles. The molecule has 2 fully saturated rings. The van der Waals surface area contributed by atoms with E-state index in [0.717, 1.165) is 25.9 Å². The van der Waals surface area contributed by atoms with Crippen LogP contribution in [-0.2, 0) is 17.1 Å². The van der Waals surface area contributed by atoms with E-state index in [1.807, 2.05) is 6.92 Å². The number of sulfonamides is 1. The Morgan fingerprint density at radius 2 is 2.05 bits per heavy atom. The second-order valence-electron chi connectivity index (χ2n) is 6.14. The zero-order chi connectivity index (χ0) is 15.4. The highest BCUT2D eigenvalue weighted by atomic mass is 32.2. The van der Waals surface area contributed by atoms with Crippen molar-refractivity contribution in [1.82, 2.24) is 19.0 Å². The van der Waals surface area contributed by atoms with Crippen LogP contribution in [0.4, 0.5) is 5.82 Å². The van der Waals surface area contributed by atoms with Crippen LogP contribution in [0, 0.1) is 6.92 Å². The van der Waals surface area contributed by atoms with E-state index in [9.17, 15) is 8.42 Å². The first-order valence-corrected chi connectivity index (χ1v) is 8.81. The smallest absolute Gasteiger partial charge is 0.248 e. The number of rotatable bonds is 2. The SMILES string of the molecule is Cc1c(S(=O)(=O)N2CC3CCCN3CC2C)c(N)nn1C. The highest BCUT2D eigenvalue weighted by Gasteiger charge is 2.42. The van der Waals surface area contributed by atoms with Crippen molar-refractivity contribution in [3.8, 4) is 0 Å². The van der Waals surface area contributed by atoms with Gasteiger partial charge in [0.15, 0.2) is 5.82 Å². The van der Waals surface area contributed by atoms with E-state index >= 15 is 0 Å². The number of anilines is 1. The van der Waals surface area contributed by atoms with Gasteiger partial charge in [-0.3, -0.25) is 9.58 Å². The standard InChI is InChI=1S/C13H23N5O2S/c1-9-7-17-6-4-5-11(17)8-18(9)21(19,20)12-10(2)16(3)15-13(12)14/h9,11H,4-8H2,1-3H3,(H2,14,15). The zero-order valence-electron chi connectivity index (χ0n) is 12.8. The first kappa shape index (κ1) is 14.8. The summed E-state index contributed by atoms with van der Waals surface area (Å²) in [7, 11) is -1.88. The van der Waals surface area contributed by atoms with E-state index in [1.54, 1.807) is 18.3 Å². The van der Waals surface area contributed by atoms with Crippen LogP contribution >= 0.6 is 0 Å². The Morgan fingerprint density at radius 1 is 1.33 bits per heavy atom. The number of hydrogen-bond donors (Lipinski definition) is 1. The molecule has 3 rings (SSSR count). The van der Waals surface area contributed by atoms with Crippen LogP contribution in [0.15, 0.2) is 4.90 Å². The molecule has 118 valence electrons. The molecule has 0 bridgehead atoms. The minimum Gasteiger partial charge on any atom is -0.381 e. The molecule has 21 heavy (non-hydrogen) atoms. The van der Waals surface area contributed by atoms with Crippen LogP contribution in [0.2, 0.25) is 0 Å². The van der Waals surface area contributed by atoms with Crippen molar-refractivity contribution in [2.45, 2.75) is 43.7 Å². The van der Waals surface area contributed by atoms with Gasteiger partial charge in [-0.25, -0.2) is 8.42 Å². The van der Waals surface area contributed by atoms with E-state index in [4.69, 9.17) is 5.73 Å². The minimum absolute atomic E-state index is 0.0386. The molecule has 1 aromatic heterocycles. The zero-order valence-corrected chi connectivity index (χ0v) is 13.6. The molecule has 7 nitrogen and oxygen atoms in total. The number of fused-ring (bicyclic) bond motifs is 1. The molecule has 1 aromatic rings. The Labute approximate surface area is 125 Å². The predicted molar refractivity (Wildman–Crippen MR) is 80.3 cm³/mol. The largest absolute Gasteiger partial charge is 0.381 e. The average molecular weight is 313 g/mol. The van der Waals surface area contributed by atoms with Crippen molar-refractivity contribution in [2.24, 2.45) is 7.05 Å². The first-order valence-electron chi connectivity index (χ1n) is 7.37. The summed E-state index contributed by atoms with van der Waals surface area (Å²) in [6, 6.07) is 0.303. The first-order chi connectivity index (χ1) is 9.82. The molecule has 0 radical (unpaired) electrons. The molecule has 3 heterocycles. The lowest BCUT2D eigenvalue weighted by molar-refractivity contribution is 0.117. The molecule has 2 unspecified atom stereocenters. The molecule has 2 N–H and O–H groups in total. The Hall–Kier alpha value is -1.12. The maximum Gasteiger partial charge on any atom is 0.248 e. The van der Waals surface area contributed by atoms with Crippen molar-refractivity contribution in [2.75, 3.05) is 25.4 Å². The van der Waals surface area contributed by atoms with Gasteiger partial charge < -0.3 is 5.73 Å². The number of nitrogen functional groups attached to an aromatic ring is 1. The van der Waals surface area contributed by atoms with Gasteiger partial charge in [-0.1, -0.05) is 0 Å². The number of aromatic nitrogens is 2. The van der Waals surface area contributed by atoms with Gasteiger partial charge in [-0.2, -0.15) is 9.40 Å². The van der Waals surface area contributed by atoms with E-state index < -0.39 is 10.0 Å². The van der Waals surface area contributed by atoms with Gasteiger partial charge >= 0.3 is 0 Å². The summed E-state index contributed by atoms with van der Waals surface area (Å²) in [5.74, 6) is 0.0936. The molecule has 2 atom stereocenters. The summed E-state index contributed by atoms with van der Waals surface area (Å²) in [6.45, 7) is 6.14. The van der Waals surface area contributed by atoms with Crippen LogP contribution in [-0.4, -0.2) is 59.1 Å². The van der Waals surface area contributed by atoms with Gasteiger partial charge in [0.1, 0.15) is 4.90 Å². The fourth-order valence-electron chi connectivity index (χ4n) is 3.55. The molecule has 0 saturated carbocycles. The van der Waals surface area contributed by atoms with E-state index in [2.05, 4.69) is 10.00 Å². The molecule has 2 aliphatic rings. The topological polar surface area (TPSA) is 84.5 Å². The van der Waals surface area contributed by atoms with Gasteiger partial charge in [0.05, 0.1) is 5.69 Å². The molecule has 2 saturated heterocycles. The third kappa shape index (κ3) is 2.25. The van der Waals surface area contributed by atoms with Crippen LogP contribution in [0.3, 0.4) is 0 Å². The normalized spacial score (nSPS) is 28.0. The van der Waals surface area contributed by atoms with E-state index in [1.165, 1.54) is 4.68 Å². The Bertz CT molecular complexity index is 654. The second kappa shape index (κ2) is 4.96. The lowest BCUT2D eigenvalue weighted by Crippen LogP contribution is -2.56. The highest BCUT2D eigenvalue weighted by Crippen LogP contribution is 2.31. The van der Waals surface area contributed by atoms with Crippen molar-refractivity contribution in [3.05, 3.63) is 5.69 Å². The van der Waals surface area contributed by atoms with E-state index in [0.29, 0.717) is 18.3 Å². The van der Waals surface area contributed by atoms with Crippen molar-refractivity contribution in [3.63, 3.8) is 0 Å². The summed E-state index contributed by atoms with van der Waals surface area (Å²) in [6.07, 6.45) is 2.22. The molecule has 0 amide bonds. The molecule has 0 spiro atoms.